The smallest absolute Gasteiger partial charge is 0.334 e. The number of hydrogen-bond acceptors (Lipinski definition) is 5. The van der Waals surface area contributed by atoms with Crippen LogP contribution in [-0.2, 0) is 19.0 Å². The number of hydrogen-bond donors (Lipinski definition) is 0. The van der Waals surface area contributed by atoms with Crippen molar-refractivity contribution >= 4 is 5.97 Å². The van der Waals surface area contributed by atoms with Crippen molar-refractivity contribution in [3.63, 3.8) is 0 Å². The van der Waals surface area contributed by atoms with E-state index in [2.05, 4.69) is 50.3 Å². The molecule has 1 rings (SSSR count). The van der Waals surface area contributed by atoms with Crippen molar-refractivity contribution in [2.45, 2.75) is 51.7 Å². The van der Waals surface area contributed by atoms with Crippen LogP contribution in [0, 0.1) is 11.8 Å². The van der Waals surface area contributed by atoms with E-state index in [4.69, 9.17) is 14.2 Å². The van der Waals surface area contributed by atoms with Gasteiger partial charge in [0.05, 0.1) is 26.4 Å². The molecule has 1 aliphatic rings. The van der Waals surface area contributed by atoms with E-state index in [1.54, 1.807) is 31.2 Å². The molecule has 34 heavy (non-hydrogen) atoms. The Kier molecular flexibility index (Phi) is 15.9. The number of carbonyl (C=O) groups is 1. The summed E-state index contributed by atoms with van der Waals surface area (Å²) in [6, 6.07) is 0.483. The molecule has 5 nitrogen and oxygen atoms in total. The lowest BCUT2D eigenvalue weighted by Gasteiger charge is -2.35. The van der Waals surface area contributed by atoms with Gasteiger partial charge in [-0.15, -0.1) is 19.7 Å². The summed E-state index contributed by atoms with van der Waals surface area (Å²) < 4.78 is 16.5. The molecule has 0 aliphatic carbocycles. The molecule has 0 spiro atoms. The average molecular weight is 472 g/mol. The Labute approximate surface area is 207 Å². The zero-order chi connectivity index (χ0) is 25.2. The van der Waals surface area contributed by atoms with Gasteiger partial charge >= 0.3 is 5.97 Å². The van der Waals surface area contributed by atoms with Gasteiger partial charge in [0.1, 0.15) is 6.10 Å². The molecule has 1 aliphatic heterocycles. The maximum Gasteiger partial charge on any atom is 0.334 e. The number of rotatable bonds is 19. The molecule has 190 valence electrons. The molecule has 0 unspecified atom stereocenters. The highest BCUT2D eigenvalue weighted by atomic mass is 16.5. The van der Waals surface area contributed by atoms with Crippen LogP contribution in [0.15, 0.2) is 74.4 Å². The Balaban J connectivity index is 2.70. The fourth-order valence-corrected chi connectivity index (χ4v) is 4.40. The number of likely N-dealkylation sites (tertiary alicyclic amines) is 1. The Bertz CT molecular complexity index is 696. The molecule has 0 bridgehead atoms. The van der Waals surface area contributed by atoms with Crippen molar-refractivity contribution in [3.8, 4) is 0 Å². The molecule has 0 aromatic carbocycles. The molecule has 0 aromatic heterocycles. The van der Waals surface area contributed by atoms with Crippen molar-refractivity contribution in [1.29, 1.82) is 0 Å². The lowest BCUT2D eigenvalue weighted by molar-refractivity contribution is -0.143. The Morgan fingerprint density at radius 1 is 1.03 bits per heavy atom. The van der Waals surface area contributed by atoms with Gasteiger partial charge < -0.3 is 14.2 Å². The van der Waals surface area contributed by atoms with Crippen molar-refractivity contribution in [2.24, 2.45) is 11.8 Å². The highest BCUT2D eigenvalue weighted by Gasteiger charge is 2.34. The van der Waals surface area contributed by atoms with Gasteiger partial charge in [0.15, 0.2) is 0 Å². The van der Waals surface area contributed by atoms with Crippen LogP contribution < -0.4 is 0 Å². The van der Waals surface area contributed by atoms with Gasteiger partial charge in [0.25, 0.3) is 0 Å². The van der Waals surface area contributed by atoms with Crippen molar-refractivity contribution in [1.82, 2.24) is 4.90 Å². The quantitative estimate of drug-likeness (QED) is 0.105. The van der Waals surface area contributed by atoms with E-state index in [1.165, 1.54) is 12.8 Å². The molecule has 0 radical (unpaired) electrons. The third kappa shape index (κ3) is 11.3. The second kappa shape index (κ2) is 18.2. The van der Waals surface area contributed by atoms with E-state index in [1.807, 2.05) is 6.08 Å². The van der Waals surface area contributed by atoms with Crippen LogP contribution in [0.25, 0.3) is 0 Å². The summed E-state index contributed by atoms with van der Waals surface area (Å²) in [5.41, 5.74) is 0.539. The largest absolute Gasteiger partial charge is 0.455 e. The van der Waals surface area contributed by atoms with Gasteiger partial charge in [-0.25, -0.2) is 4.79 Å². The summed E-state index contributed by atoms with van der Waals surface area (Å²) in [5, 5.41) is 0. The molecule has 0 aromatic rings. The first kappa shape index (κ1) is 29.8. The molecule has 0 saturated carbocycles. The highest BCUT2D eigenvalue weighted by molar-refractivity contribution is 5.87. The number of ether oxygens (including phenoxy) is 3. The third-order valence-electron chi connectivity index (χ3n) is 6.23. The maximum atomic E-state index is 12.5. The van der Waals surface area contributed by atoms with Crippen LogP contribution in [0.2, 0.25) is 0 Å². The number of carbonyl (C=O) groups excluding carboxylic acids is 1. The second-order valence-corrected chi connectivity index (χ2v) is 8.80. The Morgan fingerprint density at radius 3 is 2.38 bits per heavy atom. The zero-order valence-electron chi connectivity index (χ0n) is 21.3. The highest BCUT2D eigenvalue weighted by Crippen LogP contribution is 2.34. The summed E-state index contributed by atoms with van der Waals surface area (Å²) >= 11 is 0. The van der Waals surface area contributed by atoms with Crippen LogP contribution in [0.3, 0.4) is 0 Å². The SMILES string of the molecule is C=CCOC/C=C\CN1CCC[C@H]1[C@H](CC=C)[C@H](C)C[C@@H](C=C)OC(=O)/C(C)=C/COCC=C. The van der Waals surface area contributed by atoms with Crippen molar-refractivity contribution < 1.29 is 19.0 Å². The summed E-state index contributed by atoms with van der Waals surface area (Å²) in [7, 11) is 0. The minimum atomic E-state index is -0.330. The molecule has 1 saturated heterocycles. The van der Waals surface area contributed by atoms with E-state index in [0.717, 1.165) is 25.9 Å². The number of allylic oxidation sites excluding steroid dienone is 1. The molecule has 5 heteroatoms. The molecule has 1 heterocycles. The standard InChI is InChI=1S/C29H45NO4/c1-7-14-27(28-15-13-18-30(28)17-11-12-21-32-19-8-2)25(6)23-26(10-4)34-29(31)24(5)16-22-33-20-9-3/h7-12,16,25-28H,1-4,13-15,17-23H2,5-6H3/b12-11-,24-16+/t25-,26-,27-,28+/m1/s1. The topological polar surface area (TPSA) is 48.0 Å². The van der Waals surface area contributed by atoms with Crippen LogP contribution >= 0.6 is 0 Å². The average Bonchev–Trinajstić information content (AvgIpc) is 3.29. The van der Waals surface area contributed by atoms with Gasteiger partial charge in [0.2, 0.25) is 0 Å². The molecule has 0 amide bonds. The van der Waals surface area contributed by atoms with E-state index >= 15 is 0 Å². The first-order valence-corrected chi connectivity index (χ1v) is 12.4. The van der Waals surface area contributed by atoms with Gasteiger partial charge in [-0.05, 0) is 57.1 Å². The summed E-state index contributed by atoms with van der Waals surface area (Å²) in [5.74, 6) is 0.459. The predicted octanol–water partition coefficient (Wildman–Crippen LogP) is 5.67. The molecule has 1 fully saturated rings. The molecule has 0 N–H and O–H groups in total. The van der Waals surface area contributed by atoms with Gasteiger partial charge in [-0.3, -0.25) is 4.90 Å². The van der Waals surface area contributed by atoms with Crippen LogP contribution in [0.1, 0.15) is 39.5 Å². The van der Waals surface area contributed by atoms with Crippen molar-refractivity contribution in [3.05, 3.63) is 74.4 Å². The Hall–Kier alpha value is -2.21. The Morgan fingerprint density at radius 2 is 1.74 bits per heavy atom. The first-order chi connectivity index (χ1) is 16.5. The third-order valence-corrected chi connectivity index (χ3v) is 6.23. The lowest BCUT2D eigenvalue weighted by Crippen LogP contribution is -2.39. The first-order valence-electron chi connectivity index (χ1n) is 12.4. The summed E-state index contributed by atoms with van der Waals surface area (Å²) in [6.45, 7) is 23.2. The minimum Gasteiger partial charge on any atom is -0.455 e. The van der Waals surface area contributed by atoms with E-state index in [-0.39, 0.29) is 12.1 Å². The van der Waals surface area contributed by atoms with Gasteiger partial charge in [-0.1, -0.05) is 50.0 Å². The number of esters is 1. The molecular weight excluding hydrogens is 426 g/mol. The van der Waals surface area contributed by atoms with Crippen LogP contribution in [0.5, 0.6) is 0 Å². The number of nitrogens with zero attached hydrogens (tertiary/aromatic N) is 1. The maximum absolute atomic E-state index is 12.5. The lowest BCUT2D eigenvalue weighted by atomic mass is 9.80. The fraction of sp³-hybridized carbons (Fsp3) is 0.552. The minimum absolute atomic E-state index is 0.328. The van der Waals surface area contributed by atoms with E-state index in [9.17, 15) is 4.79 Å². The van der Waals surface area contributed by atoms with E-state index < -0.39 is 0 Å². The molecule has 4 atom stereocenters. The predicted molar refractivity (Wildman–Crippen MR) is 142 cm³/mol. The summed E-state index contributed by atoms with van der Waals surface area (Å²) in [6.07, 6.45) is 16.9. The zero-order valence-corrected chi connectivity index (χ0v) is 21.3. The van der Waals surface area contributed by atoms with Crippen LogP contribution in [-0.4, -0.2) is 62.5 Å². The van der Waals surface area contributed by atoms with Gasteiger partial charge in [0, 0.05) is 18.2 Å². The van der Waals surface area contributed by atoms with Gasteiger partial charge in [-0.2, -0.15) is 0 Å². The van der Waals surface area contributed by atoms with Crippen LogP contribution in [0.4, 0.5) is 0 Å². The second-order valence-electron chi connectivity index (χ2n) is 8.80. The molecular formula is C29H45NO4. The van der Waals surface area contributed by atoms with E-state index in [0.29, 0.717) is 49.9 Å². The summed E-state index contributed by atoms with van der Waals surface area (Å²) in [4.78, 5) is 15.1. The monoisotopic (exact) mass is 471 g/mol. The van der Waals surface area contributed by atoms with Crippen molar-refractivity contribution in [2.75, 3.05) is 39.5 Å². The fourth-order valence-electron chi connectivity index (χ4n) is 4.40. The normalized spacial score (nSPS) is 19.5.